The van der Waals surface area contributed by atoms with Gasteiger partial charge in [-0.3, -0.25) is 0 Å². The molecule has 104 valence electrons. The van der Waals surface area contributed by atoms with Crippen LogP contribution in [0.15, 0.2) is 52.3 Å². The number of anilines is 1. The van der Waals surface area contributed by atoms with Gasteiger partial charge in [0.05, 0.1) is 5.56 Å². The molecule has 0 spiro atoms. The number of hydrogen-bond donors (Lipinski definition) is 2. The lowest BCUT2D eigenvalue weighted by atomic mass is 10.0. The molecule has 0 radical (unpaired) electrons. The van der Waals surface area contributed by atoms with Crippen LogP contribution < -0.4 is 5.73 Å². The topological polar surface area (TPSA) is 63.3 Å². The molecule has 0 aromatic heterocycles. The molecule has 2 aromatic rings. The summed E-state index contributed by atoms with van der Waals surface area (Å²) >= 11 is 1.44. The van der Waals surface area contributed by atoms with Gasteiger partial charge in [-0.25, -0.2) is 4.79 Å². The summed E-state index contributed by atoms with van der Waals surface area (Å²) in [5.41, 5.74) is 7.61. The third-order valence-corrected chi connectivity index (χ3v) is 4.09. The summed E-state index contributed by atoms with van der Waals surface area (Å²) in [7, 11) is 0. The molecule has 3 nitrogen and oxygen atoms in total. The Morgan fingerprint density at radius 2 is 1.80 bits per heavy atom. The fraction of sp³-hybridized carbons (Fsp3) is 0.188. The molecule has 0 atom stereocenters. The fourth-order valence-corrected chi connectivity index (χ4v) is 2.77. The van der Waals surface area contributed by atoms with E-state index in [2.05, 4.69) is 26.0 Å². The van der Waals surface area contributed by atoms with Gasteiger partial charge >= 0.3 is 5.97 Å². The zero-order valence-corrected chi connectivity index (χ0v) is 12.3. The normalized spacial score (nSPS) is 10.8. The lowest BCUT2D eigenvalue weighted by Gasteiger charge is -2.09. The van der Waals surface area contributed by atoms with Crippen molar-refractivity contribution in [2.75, 3.05) is 5.73 Å². The molecule has 4 heteroatoms. The van der Waals surface area contributed by atoms with E-state index in [9.17, 15) is 9.90 Å². The minimum absolute atomic E-state index is 0.239. The van der Waals surface area contributed by atoms with Crippen LogP contribution in [0.4, 0.5) is 5.69 Å². The first-order valence-electron chi connectivity index (χ1n) is 6.38. The minimum Gasteiger partial charge on any atom is -0.478 e. The van der Waals surface area contributed by atoms with E-state index in [0.717, 1.165) is 4.90 Å². The van der Waals surface area contributed by atoms with Crippen LogP contribution in [-0.2, 0) is 0 Å². The Morgan fingerprint density at radius 3 is 2.35 bits per heavy atom. The van der Waals surface area contributed by atoms with Gasteiger partial charge in [0.15, 0.2) is 0 Å². The van der Waals surface area contributed by atoms with Gasteiger partial charge in [0.1, 0.15) is 0 Å². The first kappa shape index (κ1) is 14.5. The third-order valence-electron chi connectivity index (χ3n) is 3.01. The van der Waals surface area contributed by atoms with E-state index in [-0.39, 0.29) is 5.56 Å². The van der Waals surface area contributed by atoms with Gasteiger partial charge in [0, 0.05) is 15.5 Å². The molecule has 0 aliphatic heterocycles. The molecule has 0 bridgehead atoms. The van der Waals surface area contributed by atoms with Crippen LogP contribution in [0.1, 0.15) is 35.7 Å². The van der Waals surface area contributed by atoms with Gasteiger partial charge in [0.2, 0.25) is 0 Å². The van der Waals surface area contributed by atoms with Gasteiger partial charge in [-0.15, -0.1) is 0 Å². The van der Waals surface area contributed by atoms with Crippen LogP contribution in [-0.4, -0.2) is 11.1 Å². The summed E-state index contributed by atoms with van der Waals surface area (Å²) in [4.78, 5) is 13.0. The highest BCUT2D eigenvalue weighted by Crippen LogP contribution is 2.32. The van der Waals surface area contributed by atoms with E-state index >= 15 is 0 Å². The zero-order chi connectivity index (χ0) is 14.7. The predicted molar refractivity (Wildman–Crippen MR) is 82.5 cm³/mol. The molecule has 0 aliphatic carbocycles. The van der Waals surface area contributed by atoms with Crippen molar-refractivity contribution < 1.29 is 9.90 Å². The Morgan fingerprint density at radius 1 is 1.15 bits per heavy atom. The number of benzene rings is 2. The summed E-state index contributed by atoms with van der Waals surface area (Å²) in [5.74, 6) is -0.473. The molecule has 0 fully saturated rings. The van der Waals surface area contributed by atoms with Gasteiger partial charge in [-0.05, 0) is 41.8 Å². The van der Waals surface area contributed by atoms with Gasteiger partial charge in [-0.1, -0.05) is 37.7 Å². The van der Waals surface area contributed by atoms with Crippen molar-refractivity contribution in [3.05, 3.63) is 53.6 Å². The molecular weight excluding hydrogens is 270 g/mol. The Labute approximate surface area is 122 Å². The van der Waals surface area contributed by atoms with Crippen molar-refractivity contribution in [2.45, 2.75) is 29.6 Å². The van der Waals surface area contributed by atoms with Crippen molar-refractivity contribution in [1.82, 2.24) is 0 Å². The molecule has 0 amide bonds. The van der Waals surface area contributed by atoms with Gasteiger partial charge in [0.25, 0.3) is 0 Å². The SMILES string of the molecule is CC(C)c1ccc(Sc2ccc(N)cc2C(=O)O)cc1. The second-order valence-electron chi connectivity index (χ2n) is 4.89. The third kappa shape index (κ3) is 3.33. The summed E-state index contributed by atoms with van der Waals surface area (Å²) in [6, 6.07) is 13.1. The molecule has 0 saturated heterocycles. The van der Waals surface area contributed by atoms with E-state index in [0.29, 0.717) is 16.5 Å². The van der Waals surface area contributed by atoms with Crippen molar-refractivity contribution >= 4 is 23.4 Å². The number of carbonyl (C=O) groups is 1. The summed E-state index contributed by atoms with van der Waals surface area (Å²) < 4.78 is 0. The highest BCUT2D eigenvalue weighted by atomic mass is 32.2. The Bertz CT molecular complexity index is 621. The molecule has 0 aliphatic rings. The van der Waals surface area contributed by atoms with Crippen LogP contribution in [0.2, 0.25) is 0 Å². The lowest BCUT2D eigenvalue weighted by molar-refractivity contribution is 0.0693. The molecule has 0 heterocycles. The second kappa shape index (κ2) is 6.01. The van der Waals surface area contributed by atoms with Crippen LogP contribution in [0.25, 0.3) is 0 Å². The number of hydrogen-bond acceptors (Lipinski definition) is 3. The molecule has 2 rings (SSSR count). The quantitative estimate of drug-likeness (QED) is 0.825. The maximum Gasteiger partial charge on any atom is 0.336 e. The number of rotatable bonds is 4. The average Bonchev–Trinajstić information content (AvgIpc) is 2.41. The van der Waals surface area contributed by atoms with Gasteiger partial charge < -0.3 is 10.8 Å². The predicted octanol–water partition coefficient (Wildman–Crippen LogP) is 4.24. The average molecular weight is 287 g/mol. The highest BCUT2D eigenvalue weighted by Gasteiger charge is 2.11. The maximum absolute atomic E-state index is 11.2. The lowest BCUT2D eigenvalue weighted by Crippen LogP contribution is -2.00. The summed E-state index contributed by atoms with van der Waals surface area (Å²) in [6.07, 6.45) is 0. The maximum atomic E-state index is 11.2. The fourth-order valence-electron chi connectivity index (χ4n) is 1.85. The van der Waals surface area contributed by atoms with Crippen molar-refractivity contribution in [3.8, 4) is 0 Å². The largest absolute Gasteiger partial charge is 0.478 e. The number of aromatic carboxylic acids is 1. The Kier molecular flexibility index (Phi) is 4.35. The monoisotopic (exact) mass is 287 g/mol. The Hall–Kier alpha value is -1.94. The molecule has 2 aromatic carbocycles. The number of nitrogens with two attached hydrogens (primary N) is 1. The van der Waals surface area contributed by atoms with Gasteiger partial charge in [-0.2, -0.15) is 0 Å². The second-order valence-corrected chi connectivity index (χ2v) is 6.00. The molecule has 0 saturated carbocycles. The van der Waals surface area contributed by atoms with Crippen molar-refractivity contribution in [2.24, 2.45) is 0 Å². The molecule has 0 unspecified atom stereocenters. The van der Waals surface area contributed by atoms with E-state index in [1.807, 2.05) is 12.1 Å². The number of carboxylic acid groups (broad SMARTS) is 1. The molecule has 3 N–H and O–H groups in total. The Balaban J connectivity index is 2.28. The summed E-state index contributed by atoms with van der Waals surface area (Å²) in [5, 5.41) is 9.22. The van der Waals surface area contributed by atoms with Crippen LogP contribution >= 0.6 is 11.8 Å². The van der Waals surface area contributed by atoms with E-state index < -0.39 is 5.97 Å². The van der Waals surface area contributed by atoms with E-state index in [1.54, 1.807) is 12.1 Å². The van der Waals surface area contributed by atoms with Crippen molar-refractivity contribution in [3.63, 3.8) is 0 Å². The molecule has 20 heavy (non-hydrogen) atoms. The van der Waals surface area contributed by atoms with Crippen LogP contribution in [0.5, 0.6) is 0 Å². The summed E-state index contributed by atoms with van der Waals surface area (Å²) in [6.45, 7) is 4.29. The smallest absolute Gasteiger partial charge is 0.336 e. The van der Waals surface area contributed by atoms with Crippen LogP contribution in [0, 0.1) is 0 Å². The standard InChI is InChI=1S/C16H17NO2S/c1-10(2)11-3-6-13(7-4-11)20-15-8-5-12(17)9-14(15)16(18)19/h3-10H,17H2,1-2H3,(H,18,19). The number of nitrogen functional groups attached to an aromatic ring is 1. The van der Waals surface area contributed by atoms with E-state index in [1.165, 1.54) is 23.4 Å². The first-order chi connectivity index (χ1) is 9.47. The first-order valence-corrected chi connectivity index (χ1v) is 7.19. The van der Waals surface area contributed by atoms with Crippen molar-refractivity contribution in [1.29, 1.82) is 0 Å². The number of carboxylic acids is 1. The molecular formula is C16H17NO2S. The van der Waals surface area contributed by atoms with E-state index in [4.69, 9.17) is 5.73 Å². The zero-order valence-electron chi connectivity index (χ0n) is 11.5. The minimum atomic E-state index is -0.960. The highest BCUT2D eigenvalue weighted by molar-refractivity contribution is 7.99. The van der Waals surface area contributed by atoms with Crippen LogP contribution in [0.3, 0.4) is 0 Å².